The Morgan fingerprint density at radius 2 is 1.97 bits per heavy atom. The Morgan fingerprint density at radius 1 is 1.27 bits per heavy atom. The molecule has 1 amide bonds. The van der Waals surface area contributed by atoms with Crippen LogP contribution in [0.3, 0.4) is 0 Å². The zero-order valence-corrected chi connectivity index (χ0v) is 16.6. The number of hydrogen-bond donors (Lipinski definition) is 1. The summed E-state index contributed by atoms with van der Waals surface area (Å²) < 4.78 is 42.7. The van der Waals surface area contributed by atoms with Gasteiger partial charge in [-0.1, -0.05) is 0 Å². The number of amides is 1. The Labute approximate surface area is 171 Å². The number of nitriles is 1. The molecule has 0 radical (unpaired) electrons. The van der Waals surface area contributed by atoms with Gasteiger partial charge in [0.05, 0.1) is 24.8 Å². The van der Waals surface area contributed by atoms with E-state index in [-0.39, 0.29) is 37.6 Å². The van der Waals surface area contributed by atoms with Gasteiger partial charge >= 0.3 is 12.1 Å². The summed E-state index contributed by atoms with van der Waals surface area (Å²) in [6, 6.07) is -1.91. The number of methoxy groups -OCH3 is 1. The second-order valence-electron chi connectivity index (χ2n) is 7.36. The number of nitrogens with two attached hydrogens (primary N) is 1. The SMILES string of the molecule is COCC1CCCN1C(=O)CCC(N)C(=O)C1CC[C@@H](C#N)N1OC(=O)C(F)(F)F. The highest BCUT2D eigenvalue weighted by atomic mass is 19.4. The molecule has 0 bridgehead atoms. The highest BCUT2D eigenvalue weighted by Gasteiger charge is 2.48. The number of rotatable bonds is 8. The van der Waals surface area contributed by atoms with Crippen molar-refractivity contribution in [1.29, 1.82) is 5.26 Å². The highest BCUT2D eigenvalue weighted by molar-refractivity contribution is 5.90. The van der Waals surface area contributed by atoms with E-state index in [0.29, 0.717) is 18.2 Å². The maximum atomic E-state index is 12.7. The van der Waals surface area contributed by atoms with Crippen molar-refractivity contribution in [1.82, 2.24) is 9.96 Å². The van der Waals surface area contributed by atoms with Crippen LogP contribution in [0.1, 0.15) is 38.5 Å². The van der Waals surface area contributed by atoms with Gasteiger partial charge < -0.3 is 20.2 Å². The number of halogens is 3. The molecule has 2 saturated heterocycles. The van der Waals surface area contributed by atoms with E-state index in [1.54, 1.807) is 18.1 Å². The molecule has 12 heteroatoms. The summed E-state index contributed by atoms with van der Waals surface area (Å²) >= 11 is 0. The van der Waals surface area contributed by atoms with E-state index >= 15 is 0 Å². The number of hydroxylamine groups is 2. The first-order valence-corrected chi connectivity index (χ1v) is 9.65. The van der Waals surface area contributed by atoms with Crippen LogP contribution >= 0.6 is 0 Å². The number of likely N-dealkylation sites (tertiary alicyclic amines) is 1. The Morgan fingerprint density at radius 3 is 2.57 bits per heavy atom. The van der Waals surface area contributed by atoms with Crippen LogP contribution < -0.4 is 5.73 Å². The number of nitrogens with zero attached hydrogens (tertiary/aromatic N) is 3. The largest absolute Gasteiger partial charge is 0.492 e. The molecule has 2 fully saturated rings. The molecular weight excluding hydrogens is 409 g/mol. The number of ketones is 1. The standard InChI is InChI=1S/C18H25F3N4O5/c1-29-10-12-3-2-8-24(12)15(26)7-5-13(23)16(27)14-6-4-11(9-22)25(14)30-17(28)18(19,20)21/h11-14H,2-8,10,23H2,1H3/t11-,12?,13?,14?/m0/s1. The van der Waals surface area contributed by atoms with Crippen LogP contribution in [0.5, 0.6) is 0 Å². The number of ether oxygens (including phenoxy) is 1. The van der Waals surface area contributed by atoms with Crippen molar-refractivity contribution in [3.05, 3.63) is 0 Å². The van der Waals surface area contributed by atoms with Crippen LogP contribution in [0, 0.1) is 11.3 Å². The smallest absolute Gasteiger partial charge is 0.383 e. The minimum Gasteiger partial charge on any atom is -0.383 e. The maximum Gasteiger partial charge on any atom is 0.492 e. The van der Waals surface area contributed by atoms with E-state index < -0.39 is 36.1 Å². The molecule has 4 atom stereocenters. The van der Waals surface area contributed by atoms with Crippen molar-refractivity contribution in [3.8, 4) is 6.07 Å². The topological polar surface area (TPSA) is 126 Å². The van der Waals surface area contributed by atoms with Gasteiger partial charge in [-0.2, -0.15) is 18.4 Å². The van der Waals surface area contributed by atoms with Crippen LogP contribution in [0.4, 0.5) is 13.2 Å². The molecule has 2 aliphatic rings. The van der Waals surface area contributed by atoms with E-state index in [0.717, 1.165) is 12.8 Å². The fourth-order valence-electron chi connectivity index (χ4n) is 3.79. The van der Waals surface area contributed by atoms with Crippen molar-refractivity contribution in [2.75, 3.05) is 20.3 Å². The number of carbonyl (C=O) groups excluding carboxylic acids is 3. The van der Waals surface area contributed by atoms with Crippen LogP contribution in [0.2, 0.25) is 0 Å². The molecule has 0 aromatic carbocycles. The van der Waals surface area contributed by atoms with E-state index in [2.05, 4.69) is 4.84 Å². The molecule has 30 heavy (non-hydrogen) atoms. The number of carbonyl (C=O) groups is 3. The van der Waals surface area contributed by atoms with Gasteiger partial charge in [-0.3, -0.25) is 9.59 Å². The molecular formula is C18H25F3N4O5. The molecule has 0 aromatic rings. The summed E-state index contributed by atoms with van der Waals surface area (Å²) in [7, 11) is 1.54. The van der Waals surface area contributed by atoms with Crippen LogP contribution in [-0.2, 0) is 24.0 Å². The lowest BCUT2D eigenvalue weighted by Gasteiger charge is -2.27. The minimum atomic E-state index is -5.26. The van der Waals surface area contributed by atoms with Gasteiger partial charge in [-0.25, -0.2) is 4.79 Å². The molecule has 9 nitrogen and oxygen atoms in total. The Hall–Kier alpha value is -2.23. The number of hydrogen-bond acceptors (Lipinski definition) is 8. The summed E-state index contributed by atoms with van der Waals surface area (Å²) in [5.74, 6) is -3.37. The fourth-order valence-corrected chi connectivity index (χ4v) is 3.79. The molecule has 2 heterocycles. The van der Waals surface area contributed by atoms with E-state index in [1.165, 1.54) is 0 Å². The lowest BCUT2D eigenvalue weighted by atomic mass is 10.00. The lowest BCUT2D eigenvalue weighted by Crippen LogP contribution is -2.49. The third kappa shape index (κ3) is 5.68. The highest BCUT2D eigenvalue weighted by Crippen LogP contribution is 2.28. The van der Waals surface area contributed by atoms with Crippen molar-refractivity contribution in [2.24, 2.45) is 5.73 Å². The second kappa shape index (κ2) is 10.2. The Kier molecular flexibility index (Phi) is 8.17. The molecule has 0 aromatic heterocycles. The molecule has 0 saturated carbocycles. The van der Waals surface area contributed by atoms with Crippen LogP contribution in [0.25, 0.3) is 0 Å². The summed E-state index contributed by atoms with van der Waals surface area (Å²) in [6.45, 7) is 0.998. The third-order valence-electron chi connectivity index (χ3n) is 5.32. The number of Topliss-reactive ketones (excluding diaryl/α,β-unsaturated/α-hetero) is 1. The molecule has 2 rings (SSSR count). The zero-order valence-electron chi connectivity index (χ0n) is 16.6. The first-order valence-electron chi connectivity index (χ1n) is 9.65. The summed E-state index contributed by atoms with van der Waals surface area (Å²) in [6.07, 6.45) is -3.54. The average molecular weight is 434 g/mol. The molecule has 0 spiro atoms. The Bertz CT molecular complexity index is 696. The average Bonchev–Trinajstić information content (AvgIpc) is 3.31. The van der Waals surface area contributed by atoms with Gasteiger partial charge in [0.1, 0.15) is 12.1 Å². The van der Waals surface area contributed by atoms with Crippen LogP contribution in [-0.4, -0.2) is 78.2 Å². The van der Waals surface area contributed by atoms with Crippen molar-refractivity contribution in [3.63, 3.8) is 0 Å². The van der Waals surface area contributed by atoms with Gasteiger partial charge in [0.2, 0.25) is 5.91 Å². The summed E-state index contributed by atoms with van der Waals surface area (Å²) in [4.78, 5) is 42.2. The van der Waals surface area contributed by atoms with E-state index in [9.17, 15) is 27.6 Å². The third-order valence-corrected chi connectivity index (χ3v) is 5.32. The molecule has 168 valence electrons. The monoisotopic (exact) mass is 434 g/mol. The maximum absolute atomic E-state index is 12.7. The molecule has 3 unspecified atom stereocenters. The van der Waals surface area contributed by atoms with Crippen molar-refractivity contribution >= 4 is 17.7 Å². The fraction of sp³-hybridized carbons (Fsp3) is 0.778. The van der Waals surface area contributed by atoms with Crippen LogP contribution in [0.15, 0.2) is 0 Å². The van der Waals surface area contributed by atoms with E-state index in [1.807, 2.05) is 0 Å². The molecule has 0 aliphatic carbocycles. The van der Waals surface area contributed by atoms with Gasteiger partial charge in [-0.15, -0.1) is 5.06 Å². The first kappa shape index (κ1) is 24.0. The van der Waals surface area contributed by atoms with Crippen molar-refractivity contribution in [2.45, 2.75) is 68.9 Å². The second-order valence-corrected chi connectivity index (χ2v) is 7.36. The normalized spacial score (nSPS) is 25.7. The lowest BCUT2D eigenvalue weighted by molar-refractivity contribution is -0.244. The van der Waals surface area contributed by atoms with Gasteiger partial charge in [0.25, 0.3) is 0 Å². The molecule has 2 N–H and O–H groups in total. The quantitative estimate of drug-likeness (QED) is 0.591. The van der Waals surface area contributed by atoms with Crippen molar-refractivity contribution < 1.29 is 37.1 Å². The summed E-state index contributed by atoms with van der Waals surface area (Å²) in [5, 5.41) is 9.57. The first-order chi connectivity index (χ1) is 14.1. The van der Waals surface area contributed by atoms with Gasteiger partial charge in [0, 0.05) is 20.1 Å². The predicted octanol–water partition coefficient (Wildman–Crippen LogP) is 0.677. The molecule has 2 aliphatic heterocycles. The predicted molar refractivity (Wildman–Crippen MR) is 95.2 cm³/mol. The van der Waals surface area contributed by atoms with Gasteiger partial charge in [-0.05, 0) is 32.1 Å². The minimum absolute atomic E-state index is 0.0101. The Balaban J connectivity index is 1.96. The van der Waals surface area contributed by atoms with E-state index in [4.69, 9.17) is 15.7 Å². The van der Waals surface area contributed by atoms with Gasteiger partial charge in [0.15, 0.2) is 5.78 Å². The number of alkyl halides is 3. The summed E-state index contributed by atoms with van der Waals surface area (Å²) in [5.41, 5.74) is 5.89. The zero-order chi connectivity index (χ0) is 22.5.